The van der Waals surface area contributed by atoms with Crippen LogP contribution in [0.25, 0.3) is 0 Å². The molecule has 3 saturated carbocycles. The topological polar surface area (TPSA) is 85.1 Å². The van der Waals surface area contributed by atoms with E-state index < -0.39 is 5.91 Å². The summed E-state index contributed by atoms with van der Waals surface area (Å²) in [6.07, 6.45) is 4.68. The van der Waals surface area contributed by atoms with Crippen molar-refractivity contribution < 1.29 is 9.59 Å². The van der Waals surface area contributed by atoms with Gasteiger partial charge in [0.1, 0.15) is 5.69 Å². The van der Waals surface area contributed by atoms with Gasteiger partial charge in [0.2, 0.25) is 5.91 Å². The SMILES string of the molecule is CC12CC(c3c(NC(=O)Cc4ccccc4Cl)ccnc3C(N)=O)(C1)C2. The van der Waals surface area contributed by atoms with E-state index in [1.807, 2.05) is 18.2 Å². The first-order chi connectivity index (χ1) is 12.3. The number of amides is 2. The number of halogens is 1. The lowest BCUT2D eigenvalue weighted by Gasteiger charge is -2.70. The summed E-state index contributed by atoms with van der Waals surface area (Å²) in [5, 5.41) is 3.51. The van der Waals surface area contributed by atoms with Crippen molar-refractivity contribution in [1.29, 1.82) is 0 Å². The number of carbonyl (C=O) groups is 2. The molecule has 5 nitrogen and oxygen atoms in total. The highest BCUT2D eigenvalue weighted by molar-refractivity contribution is 6.31. The first-order valence-corrected chi connectivity index (χ1v) is 9.02. The Labute approximate surface area is 156 Å². The monoisotopic (exact) mass is 369 g/mol. The highest BCUT2D eigenvalue weighted by Gasteiger charge is 2.67. The molecule has 0 spiro atoms. The van der Waals surface area contributed by atoms with E-state index in [0.717, 1.165) is 30.4 Å². The van der Waals surface area contributed by atoms with Crippen LogP contribution in [0.5, 0.6) is 0 Å². The van der Waals surface area contributed by atoms with Crippen LogP contribution in [0, 0.1) is 5.41 Å². The molecule has 0 radical (unpaired) electrons. The number of hydrogen-bond donors (Lipinski definition) is 2. The normalized spacial score (nSPS) is 25.8. The van der Waals surface area contributed by atoms with Crippen LogP contribution in [0.2, 0.25) is 5.02 Å². The van der Waals surface area contributed by atoms with E-state index in [9.17, 15) is 9.59 Å². The molecule has 2 amide bonds. The number of nitrogens with one attached hydrogen (secondary N) is 1. The lowest BCUT2D eigenvalue weighted by atomic mass is 9.34. The molecule has 3 aliphatic rings. The van der Waals surface area contributed by atoms with Gasteiger partial charge < -0.3 is 11.1 Å². The van der Waals surface area contributed by atoms with Crippen molar-refractivity contribution >= 4 is 29.1 Å². The largest absolute Gasteiger partial charge is 0.364 e. The van der Waals surface area contributed by atoms with Crippen LogP contribution in [0.15, 0.2) is 36.5 Å². The van der Waals surface area contributed by atoms with Gasteiger partial charge in [-0.15, -0.1) is 0 Å². The number of aromatic nitrogens is 1. The molecule has 3 N–H and O–H groups in total. The number of nitrogens with two attached hydrogens (primary N) is 1. The van der Waals surface area contributed by atoms with Gasteiger partial charge in [0.25, 0.3) is 5.91 Å². The first kappa shape index (κ1) is 17.0. The Bertz CT molecular complexity index is 905. The smallest absolute Gasteiger partial charge is 0.267 e. The van der Waals surface area contributed by atoms with Gasteiger partial charge in [0.15, 0.2) is 0 Å². The summed E-state index contributed by atoms with van der Waals surface area (Å²) in [5.74, 6) is -0.740. The second kappa shape index (κ2) is 5.81. The number of nitrogens with zero attached hydrogens (tertiary/aromatic N) is 1. The standard InChI is InChI=1S/C20H20ClN3O2/c1-19-9-20(10-19,11-19)16-14(6-7-23-17(16)18(22)26)24-15(25)8-12-4-2-3-5-13(12)21/h2-7H,8-11H2,1H3,(H2,22,26)(H,23,24,25). The minimum Gasteiger partial charge on any atom is -0.364 e. The van der Waals surface area contributed by atoms with Gasteiger partial charge in [-0.1, -0.05) is 36.7 Å². The van der Waals surface area contributed by atoms with E-state index in [-0.39, 0.29) is 23.4 Å². The van der Waals surface area contributed by atoms with E-state index in [0.29, 0.717) is 16.1 Å². The molecular formula is C20H20ClN3O2. The highest BCUT2D eigenvalue weighted by atomic mass is 35.5. The van der Waals surface area contributed by atoms with Crippen LogP contribution in [0.1, 0.15) is 47.8 Å². The lowest BCUT2D eigenvalue weighted by Crippen LogP contribution is -2.63. The van der Waals surface area contributed by atoms with Gasteiger partial charge in [0, 0.05) is 27.9 Å². The number of carbonyl (C=O) groups excluding carboxylic acids is 2. The minimum absolute atomic E-state index is 0.0830. The molecule has 2 aromatic rings. The molecule has 0 saturated heterocycles. The van der Waals surface area contributed by atoms with Crippen molar-refractivity contribution in [2.45, 2.75) is 38.0 Å². The van der Waals surface area contributed by atoms with E-state index in [4.69, 9.17) is 17.3 Å². The zero-order chi connectivity index (χ0) is 18.5. The van der Waals surface area contributed by atoms with Crippen LogP contribution < -0.4 is 11.1 Å². The summed E-state index contributed by atoms with van der Waals surface area (Å²) in [5.41, 5.74) is 8.27. The third-order valence-corrected chi connectivity index (χ3v) is 5.96. The third-order valence-electron chi connectivity index (χ3n) is 5.59. The zero-order valence-electron chi connectivity index (χ0n) is 14.5. The molecule has 1 aromatic heterocycles. The second-order valence-electron chi connectivity index (χ2n) is 7.88. The average molecular weight is 370 g/mol. The molecule has 6 heteroatoms. The number of pyridine rings is 1. The van der Waals surface area contributed by atoms with Crippen molar-refractivity contribution in [3.05, 3.63) is 58.4 Å². The van der Waals surface area contributed by atoms with Gasteiger partial charge in [-0.05, 0) is 42.4 Å². The fourth-order valence-corrected chi connectivity index (χ4v) is 5.06. The van der Waals surface area contributed by atoms with E-state index >= 15 is 0 Å². The van der Waals surface area contributed by atoms with Gasteiger partial charge >= 0.3 is 0 Å². The van der Waals surface area contributed by atoms with Crippen molar-refractivity contribution in [3.8, 4) is 0 Å². The fourth-order valence-electron chi connectivity index (χ4n) is 4.86. The first-order valence-electron chi connectivity index (χ1n) is 8.65. The van der Waals surface area contributed by atoms with Crippen molar-refractivity contribution in [2.24, 2.45) is 11.1 Å². The molecular weight excluding hydrogens is 350 g/mol. The van der Waals surface area contributed by atoms with Crippen molar-refractivity contribution in [2.75, 3.05) is 5.32 Å². The van der Waals surface area contributed by atoms with E-state index in [2.05, 4.69) is 17.2 Å². The van der Waals surface area contributed by atoms with Gasteiger partial charge in [-0.3, -0.25) is 14.6 Å². The summed E-state index contributed by atoms with van der Waals surface area (Å²) in [7, 11) is 0. The fraction of sp³-hybridized carbons (Fsp3) is 0.350. The average Bonchev–Trinajstić information content (AvgIpc) is 2.53. The molecule has 5 rings (SSSR count). The second-order valence-corrected chi connectivity index (χ2v) is 8.29. The predicted octanol–water partition coefficient (Wildman–Crippen LogP) is 3.46. The molecule has 0 unspecified atom stereocenters. The van der Waals surface area contributed by atoms with Crippen LogP contribution >= 0.6 is 11.6 Å². The summed E-state index contributed by atoms with van der Waals surface area (Å²) in [6, 6.07) is 9.00. The van der Waals surface area contributed by atoms with E-state index in [1.54, 1.807) is 12.1 Å². The van der Waals surface area contributed by atoms with Crippen LogP contribution in [-0.2, 0) is 16.6 Å². The summed E-state index contributed by atoms with van der Waals surface area (Å²) < 4.78 is 0. The molecule has 3 fully saturated rings. The van der Waals surface area contributed by atoms with Crippen LogP contribution in [0.3, 0.4) is 0 Å². The molecule has 0 aliphatic heterocycles. The molecule has 1 heterocycles. The Morgan fingerprint density at radius 2 is 1.92 bits per heavy atom. The minimum atomic E-state index is -0.558. The Balaban J connectivity index is 1.63. The summed E-state index contributed by atoms with van der Waals surface area (Å²) >= 11 is 6.14. The number of benzene rings is 1. The molecule has 2 bridgehead atoms. The van der Waals surface area contributed by atoms with Gasteiger partial charge in [-0.25, -0.2) is 0 Å². The maximum Gasteiger partial charge on any atom is 0.267 e. The third kappa shape index (κ3) is 2.67. The van der Waals surface area contributed by atoms with Crippen LogP contribution in [-0.4, -0.2) is 16.8 Å². The van der Waals surface area contributed by atoms with Gasteiger partial charge in [-0.2, -0.15) is 0 Å². The molecule has 26 heavy (non-hydrogen) atoms. The summed E-state index contributed by atoms with van der Waals surface area (Å²) in [6.45, 7) is 2.24. The number of primary amides is 1. The molecule has 134 valence electrons. The quantitative estimate of drug-likeness (QED) is 0.846. The Morgan fingerprint density at radius 3 is 2.54 bits per heavy atom. The predicted molar refractivity (Wildman–Crippen MR) is 100 cm³/mol. The Kier molecular flexibility index (Phi) is 3.81. The number of hydrogen-bond acceptors (Lipinski definition) is 3. The zero-order valence-corrected chi connectivity index (χ0v) is 15.3. The molecule has 3 aliphatic carbocycles. The maximum absolute atomic E-state index is 12.6. The van der Waals surface area contributed by atoms with Crippen molar-refractivity contribution in [3.63, 3.8) is 0 Å². The Hall–Kier alpha value is -2.40. The van der Waals surface area contributed by atoms with E-state index in [1.165, 1.54) is 6.20 Å². The van der Waals surface area contributed by atoms with Gasteiger partial charge in [0.05, 0.1) is 6.42 Å². The number of rotatable bonds is 5. The van der Waals surface area contributed by atoms with Crippen LogP contribution in [0.4, 0.5) is 5.69 Å². The lowest BCUT2D eigenvalue weighted by molar-refractivity contribution is -0.125. The number of anilines is 1. The summed E-state index contributed by atoms with van der Waals surface area (Å²) in [4.78, 5) is 28.7. The molecule has 0 atom stereocenters. The Morgan fingerprint density at radius 1 is 1.23 bits per heavy atom. The highest BCUT2D eigenvalue weighted by Crippen LogP contribution is 2.74. The van der Waals surface area contributed by atoms with Crippen molar-refractivity contribution in [1.82, 2.24) is 4.98 Å². The maximum atomic E-state index is 12.6. The molecule has 1 aromatic carbocycles.